The molecule has 4 nitrogen and oxygen atoms in total. The predicted octanol–water partition coefficient (Wildman–Crippen LogP) is 2.85. The monoisotopic (exact) mass is 301 g/mol. The van der Waals surface area contributed by atoms with Crippen molar-refractivity contribution in [2.45, 2.75) is 32.1 Å². The fourth-order valence-electron chi connectivity index (χ4n) is 2.74. The molecule has 0 saturated carbocycles. The molecule has 2 aromatic rings. The van der Waals surface area contributed by atoms with Gasteiger partial charge in [-0.05, 0) is 18.4 Å². The third kappa shape index (κ3) is 3.47. The van der Waals surface area contributed by atoms with Gasteiger partial charge in [0.1, 0.15) is 10.0 Å². The van der Waals surface area contributed by atoms with E-state index in [0.29, 0.717) is 5.92 Å². The molecule has 21 heavy (non-hydrogen) atoms. The van der Waals surface area contributed by atoms with Crippen LogP contribution in [0.5, 0.6) is 0 Å². The summed E-state index contributed by atoms with van der Waals surface area (Å²) in [5.41, 5.74) is 1.26. The van der Waals surface area contributed by atoms with Crippen molar-refractivity contribution >= 4 is 17.2 Å². The summed E-state index contributed by atoms with van der Waals surface area (Å²) in [6.45, 7) is 3.31. The Hall–Kier alpha value is -1.75. The maximum absolute atomic E-state index is 11.5. The van der Waals surface area contributed by atoms with Crippen molar-refractivity contribution in [2.75, 3.05) is 13.1 Å². The SMILES string of the molecule is CC(=O)N1CCC[C@H](c2nnc(Cc3ccccc3)s2)C1. The summed E-state index contributed by atoms with van der Waals surface area (Å²) < 4.78 is 0. The second kappa shape index (κ2) is 6.35. The maximum atomic E-state index is 11.5. The molecule has 0 spiro atoms. The number of benzene rings is 1. The van der Waals surface area contributed by atoms with Crippen LogP contribution < -0.4 is 0 Å². The van der Waals surface area contributed by atoms with Gasteiger partial charge in [-0.2, -0.15) is 0 Å². The Morgan fingerprint density at radius 1 is 1.33 bits per heavy atom. The molecule has 1 saturated heterocycles. The third-order valence-corrected chi connectivity index (χ3v) is 4.98. The van der Waals surface area contributed by atoms with Gasteiger partial charge in [-0.15, -0.1) is 21.5 Å². The number of carbonyl (C=O) groups is 1. The number of aromatic nitrogens is 2. The highest BCUT2D eigenvalue weighted by atomic mass is 32.1. The Kier molecular flexibility index (Phi) is 4.29. The second-order valence-corrected chi connectivity index (χ2v) is 6.59. The van der Waals surface area contributed by atoms with Gasteiger partial charge < -0.3 is 4.90 Å². The molecular formula is C16H19N3OS. The van der Waals surface area contributed by atoms with Crippen LogP contribution in [-0.4, -0.2) is 34.1 Å². The van der Waals surface area contributed by atoms with Crippen LogP contribution in [-0.2, 0) is 11.2 Å². The van der Waals surface area contributed by atoms with Crippen LogP contribution in [0.1, 0.15) is 41.3 Å². The first-order valence-electron chi connectivity index (χ1n) is 7.34. The van der Waals surface area contributed by atoms with Crippen LogP contribution in [0.25, 0.3) is 0 Å². The molecule has 2 heterocycles. The molecule has 1 amide bonds. The zero-order valence-corrected chi connectivity index (χ0v) is 13.0. The molecule has 1 aliphatic heterocycles. The van der Waals surface area contributed by atoms with Crippen molar-refractivity contribution in [3.63, 3.8) is 0 Å². The average molecular weight is 301 g/mol. The largest absolute Gasteiger partial charge is 0.342 e. The van der Waals surface area contributed by atoms with Gasteiger partial charge in [0.2, 0.25) is 5.91 Å². The topological polar surface area (TPSA) is 46.1 Å². The maximum Gasteiger partial charge on any atom is 0.219 e. The smallest absolute Gasteiger partial charge is 0.219 e. The summed E-state index contributed by atoms with van der Waals surface area (Å²) in [5, 5.41) is 10.8. The van der Waals surface area contributed by atoms with Gasteiger partial charge in [-0.25, -0.2) is 0 Å². The molecular weight excluding hydrogens is 282 g/mol. The Morgan fingerprint density at radius 3 is 2.90 bits per heavy atom. The molecule has 3 rings (SSSR count). The number of rotatable bonds is 3. The van der Waals surface area contributed by atoms with Gasteiger partial charge >= 0.3 is 0 Å². The van der Waals surface area contributed by atoms with Crippen molar-refractivity contribution in [1.29, 1.82) is 0 Å². The third-order valence-electron chi connectivity index (χ3n) is 3.90. The van der Waals surface area contributed by atoms with E-state index in [1.165, 1.54) is 5.56 Å². The summed E-state index contributed by atoms with van der Waals surface area (Å²) >= 11 is 1.69. The summed E-state index contributed by atoms with van der Waals surface area (Å²) in [6.07, 6.45) is 2.99. The van der Waals surface area contributed by atoms with Crippen molar-refractivity contribution in [2.24, 2.45) is 0 Å². The molecule has 0 aliphatic carbocycles. The molecule has 5 heteroatoms. The normalized spacial score (nSPS) is 18.7. The van der Waals surface area contributed by atoms with Crippen molar-refractivity contribution in [3.8, 4) is 0 Å². The van der Waals surface area contributed by atoms with Crippen LogP contribution in [0.4, 0.5) is 0 Å². The number of piperidine rings is 1. The number of hydrogen-bond acceptors (Lipinski definition) is 4. The van der Waals surface area contributed by atoms with Gasteiger partial charge in [0, 0.05) is 32.4 Å². The van der Waals surface area contributed by atoms with Gasteiger partial charge in [-0.3, -0.25) is 4.79 Å². The quantitative estimate of drug-likeness (QED) is 0.875. The standard InChI is InChI=1S/C16H19N3OS/c1-12(20)19-9-5-8-14(11-19)16-18-17-15(21-16)10-13-6-3-2-4-7-13/h2-4,6-7,14H,5,8-11H2,1H3/t14-/m0/s1. The van der Waals surface area contributed by atoms with Gasteiger partial charge in [0.15, 0.2) is 0 Å². The molecule has 0 radical (unpaired) electrons. The van der Waals surface area contributed by atoms with E-state index >= 15 is 0 Å². The van der Waals surface area contributed by atoms with E-state index in [0.717, 1.165) is 42.4 Å². The summed E-state index contributed by atoms with van der Waals surface area (Å²) in [5.74, 6) is 0.512. The minimum atomic E-state index is 0.161. The van der Waals surface area contributed by atoms with E-state index in [-0.39, 0.29) is 5.91 Å². The highest BCUT2D eigenvalue weighted by molar-refractivity contribution is 7.11. The lowest BCUT2D eigenvalue weighted by molar-refractivity contribution is -0.130. The predicted molar refractivity (Wildman–Crippen MR) is 83.4 cm³/mol. The van der Waals surface area contributed by atoms with E-state index in [9.17, 15) is 4.79 Å². The molecule has 1 fully saturated rings. The van der Waals surface area contributed by atoms with E-state index < -0.39 is 0 Å². The van der Waals surface area contributed by atoms with E-state index in [4.69, 9.17) is 0 Å². The van der Waals surface area contributed by atoms with Crippen molar-refractivity contribution < 1.29 is 4.79 Å². The number of hydrogen-bond donors (Lipinski definition) is 0. The minimum absolute atomic E-state index is 0.161. The molecule has 1 aliphatic rings. The van der Waals surface area contributed by atoms with E-state index in [1.807, 2.05) is 23.1 Å². The molecule has 0 unspecified atom stereocenters. The minimum Gasteiger partial charge on any atom is -0.342 e. The van der Waals surface area contributed by atoms with Crippen molar-refractivity contribution in [1.82, 2.24) is 15.1 Å². The lowest BCUT2D eigenvalue weighted by atomic mass is 9.99. The van der Waals surface area contributed by atoms with Gasteiger partial charge in [-0.1, -0.05) is 30.3 Å². The van der Waals surface area contributed by atoms with Gasteiger partial charge in [0.25, 0.3) is 0 Å². The zero-order valence-electron chi connectivity index (χ0n) is 12.2. The molecule has 0 N–H and O–H groups in total. The molecule has 110 valence electrons. The lowest BCUT2D eigenvalue weighted by Gasteiger charge is -2.30. The average Bonchev–Trinajstić information content (AvgIpc) is 2.97. The zero-order chi connectivity index (χ0) is 14.7. The Balaban J connectivity index is 1.68. The van der Waals surface area contributed by atoms with E-state index in [1.54, 1.807) is 18.3 Å². The van der Waals surface area contributed by atoms with Crippen LogP contribution in [0, 0.1) is 0 Å². The van der Waals surface area contributed by atoms with Crippen LogP contribution in [0.15, 0.2) is 30.3 Å². The van der Waals surface area contributed by atoms with Crippen molar-refractivity contribution in [3.05, 3.63) is 45.9 Å². The van der Waals surface area contributed by atoms with Gasteiger partial charge in [0.05, 0.1) is 0 Å². The first kappa shape index (κ1) is 14.2. The molecule has 1 aromatic heterocycles. The Morgan fingerprint density at radius 2 is 2.14 bits per heavy atom. The highest BCUT2D eigenvalue weighted by Crippen LogP contribution is 2.29. The number of carbonyl (C=O) groups excluding carboxylic acids is 1. The molecule has 1 atom stereocenters. The fraction of sp³-hybridized carbons (Fsp3) is 0.438. The number of nitrogens with zero attached hydrogens (tertiary/aromatic N) is 3. The van der Waals surface area contributed by atoms with Crippen LogP contribution >= 0.6 is 11.3 Å². The van der Waals surface area contributed by atoms with Crippen LogP contribution in [0.2, 0.25) is 0 Å². The van der Waals surface area contributed by atoms with Crippen LogP contribution in [0.3, 0.4) is 0 Å². The first-order chi connectivity index (χ1) is 10.2. The summed E-state index contributed by atoms with van der Waals surface area (Å²) in [7, 11) is 0. The van der Waals surface area contributed by atoms with E-state index in [2.05, 4.69) is 22.3 Å². The summed E-state index contributed by atoms with van der Waals surface area (Å²) in [4.78, 5) is 13.4. The highest BCUT2D eigenvalue weighted by Gasteiger charge is 2.25. The number of likely N-dealkylation sites (tertiary alicyclic amines) is 1. The first-order valence-corrected chi connectivity index (χ1v) is 8.16. The molecule has 0 bridgehead atoms. The lowest BCUT2D eigenvalue weighted by Crippen LogP contribution is -2.37. The number of amides is 1. The summed E-state index contributed by atoms with van der Waals surface area (Å²) in [6, 6.07) is 10.3. The Bertz CT molecular complexity index is 611. The second-order valence-electron chi connectivity index (χ2n) is 5.50. The fourth-order valence-corrected chi connectivity index (χ4v) is 3.74. The molecule has 1 aromatic carbocycles. The Labute approximate surface area is 128 Å².